The molecule has 0 spiro atoms. The summed E-state index contributed by atoms with van der Waals surface area (Å²) in [5.41, 5.74) is 0.243. The van der Waals surface area contributed by atoms with Crippen LogP contribution in [0.3, 0.4) is 0 Å². The molecule has 1 fully saturated rings. The fourth-order valence-electron chi connectivity index (χ4n) is 4.35. The van der Waals surface area contributed by atoms with E-state index in [1.807, 2.05) is 6.07 Å². The van der Waals surface area contributed by atoms with Crippen molar-refractivity contribution in [3.05, 3.63) is 93.7 Å². The van der Waals surface area contributed by atoms with E-state index in [2.05, 4.69) is 4.98 Å². The Labute approximate surface area is 185 Å². The summed E-state index contributed by atoms with van der Waals surface area (Å²) in [5, 5.41) is -0.715. The number of imidazole rings is 1. The standard InChI is InChI=1S/C23H25F2N3O3S/c1-15-8-9-22(17-6-4-3-5-7-17)32(30,31)28(15)14-18-12-21(25)19(13-20(18)24)16(2)27-11-10-26-23(27)29/h3-7,10-13,15-16,22H,8-9,14H2,1-2H3,(H,26,29)/t15-,16?,22+/m0/s1. The van der Waals surface area contributed by atoms with E-state index in [9.17, 15) is 17.6 Å². The fraction of sp³-hybridized carbons (Fsp3) is 0.348. The summed E-state index contributed by atoms with van der Waals surface area (Å²) >= 11 is 0. The highest BCUT2D eigenvalue weighted by Crippen LogP contribution is 2.38. The largest absolute Gasteiger partial charge is 0.326 e. The first kappa shape index (κ1) is 22.4. The van der Waals surface area contributed by atoms with Gasteiger partial charge in [-0.15, -0.1) is 0 Å². The zero-order valence-corrected chi connectivity index (χ0v) is 18.6. The van der Waals surface area contributed by atoms with Crippen LogP contribution in [0, 0.1) is 11.6 Å². The van der Waals surface area contributed by atoms with E-state index in [4.69, 9.17) is 0 Å². The summed E-state index contributed by atoms with van der Waals surface area (Å²) in [6, 6.07) is 9.97. The minimum atomic E-state index is -3.77. The van der Waals surface area contributed by atoms with E-state index in [1.165, 1.54) is 21.3 Å². The molecule has 0 amide bonds. The maximum Gasteiger partial charge on any atom is 0.326 e. The predicted octanol–water partition coefficient (Wildman–Crippen LogP) is 4.12. The van der Waals surface area contributed by atoms with Gasteiger partial charge in [0.2, 0.25) is 10.0 Å². The molecule has 0 bridgehead atoms. The van der Waals surface area contributed by atoms with Crippen LogP contribution in [0.25, 0.3) is 0 Å². The molecule has 0 aliphatic carbocycles. The summed E-state index contributed by atoms with van der Waals surface area (Å²) < 4.78 is 59.2. The van der Waals surface area contributed by atoms with Crippen molar-refractivity contribution in [2.45, 2.75) is 50.6 Å². The van der Waals surface area contributed by atoms with E-state index in [0.29, 0.717) is 18.4 Å². The molecular formula is C23H25F2N3O3S. The van der Waals surface area contributed by atoms with Gasteiger partial charge in [0, 0.05) is 36.1 Å². The van der Waals surface area contributed by atoms with Gasteiger partial charge in [0.05, 0.1) is 6.04 Å². The van der Waals surface area contributed by atoms with Gasteiger partial charge in [-0.25, -0.2) is 22.0 Å². The quantitative estimate of drug-likeness (QED) is 0.621. The van der Waals surface area contributed by atoms with Crippen molar-refractivity contribution in [2.24, 2.45) is 0 Å². The summed E-state index contributed by atoms with van der Waals surface area (Å²) in [5.74, 6) is -1.40. The maximum atomic E-state index is 15.0. The van der Waals surface area contributed by atoms with Gasteiger partial charge in [-0.2, -0.15) is 4.31 Å². The van der Waals surface area contributed by atoms with Crippen LogP contribution >= 0.6 is 0 Å². The average Bonchev–Trinajstić information content (AvgIpc) is 3.19. The van der Waals surface area contributed by atoms with Crippen molar-refractivity contribution < 1.29 is 17.2 Å². The second kappa shape index (κ2) is 8.63. The molecule has 2 heterocycles. The van der Waals surface area contributed by atoms with Crippen molar-refractivity contribution in [1.82, 2.24) is 13.9 Å². The van der Waals surface area contributed by atoms with Crippen LogP contribution in [0.2, 0.25) is 0 Å². The number of sulfonamides is 1. The molecule has 4 rings (SSSR count). The van der Waals surface area contributed by atoms with Crippen LogP contribution in [0.5, 0.6) is 0 Å². The molecule has 32 heavy (non-hydrogen) atoms. The Kier molecular flexibility index (Phi) is 6.05. The first-order valence-corrected chi connectivity index (χ1v) is 12.0. The van der Waals surface area contributed by atoms with Gasteiger partial charge in [0.1, 0.15) is 16.9 Å². The molecule has 6 nitrogen and oxygen atoms in total. The number of benzene rings is 2. The molecule has 3 atom stereocenters. The van der Waals surface area contributed by atoms with Crippen molar-refractivity contribution >= 4 is 10.0 Å². The van der Waals surface area contributed by atoms with Gasteiger partial charge in [-0.3, -0.25) is 4.57 Å². The Morgan fingerprint density at radius 3 is 2.50 bits per heavy atom. The van der Waals surface area contributed by atoms with Crippen LogP contribution in [-0.4, -0.2) is 28.3 Å². The Morgan fingerprint density at radius 2 is 1.84 bits per heavy atom. The number of nitrogens with one attached hydrogen (secondary N) is 1. The first-order valence-electron chi connectivity index (χ1n) is 10.5. The third-order valence-electron chi connectivity index (χ3n) is 6.23. The number of rotatable bonds is 5. The van der Waals surface area contributed by atoms with Crippen molar-refractivity contribution in [1.29, 1.82) is 0 Å². The molecular weight excluding hydrogens is 436 g/mol. The van der Waals surface area contributed by atoms with E-state index >= 15 is 4.39 Å². The normalized spacial score (nSPS) is 22.0. The number of halogens is 2. The molecule has 1 saturated heterocycles. The van der Waals surface area contributed by atoms with E-state index in [-0.39, 0.29) is 23.7 Å². The van der Waals surface area contributed by atoms with Gasteiger partial charge >= 0.3 is 5.69 Å². The second-order valence-electron chi connectivity index (χ2n) is 8.23. The summed E-state index contributed by atoms with van der Waals surface area (Å²) in [7, 11) is -3.77. The highest BCUT2D eigenvalue weighted by Gasteiger charge is 2.40. The smallest absolute Gasteiger partial charge is 0.313 e. The van der Waals surface area contributed by atoms with Gasteiger partial charge in [0.15, 0.2) is 0 Å². The van der Waals surface area contributed by atoms with Crippen molar-refractivity contribution in [3.63, 3.8) is 0 Å². The fourth-order valence-corrected chi connectivity index (χ4v) is 6.54. The third-order valence-corrected chi connectivity index (χ3v) is 8.60. The molecule has 1 unspecified atom stereocenters. The first-order chi connectivity index (χ1) is 15.2. The maximum absolute atomic E-state index is 15.0. The molecule has 9 heteroatoms. The Balaban J connectivity index is 1.65. The molecule has 3 aromatic rings. The van der Waals surface area contributed by atoms with Gasteiger partial charge < -0.3 is 4.98 Å². The zero-order valence-electron chi connectivity index (χ0n) is 17.8. The minimum absolute atomic E-state index is 0.0182. The predicted molar refractivity (Wildman–Crippen MR) is 118 cm³/mol. The molecule has 0 radical (unpaired) electrons. The molecule has 1 N–H and O–H groups in total. The Bertz CT molecular complexity index is 1270. The number of aromatic nitrogens is 2. The summed E-state index contributed by atoms with van der Waals surface area (Å²) in [4.78, 5) is 14.3. The van der Waals surface area contributed by atoms with E-state index in [1.54, 1.807) is 38.1 Å². The van der Waals surface area contributed by atoms with E-state index < -0.39 is 38.6 Å². The monoisotopic (exact) mass is 461 g/mol. The Morgan fingerprint density at radius 1 is 1.12 bits per heavy atom. The highest BCUT2D eigenvalue weighted by molar-refractivity contribution is 7.89. The minimum Gasteiger partial charge on any atom is -0.313 e. The number of hydrogen-bond acceptors (Lipinski definition) is 3. The van der Waals surface area contributed by atoms with Crippen LogP contribution in [-0.2, 0) is 16.6 Å². The third kappa shape index (κ3) is 4.02. The number of hydrogen-bond donors (Lipinski definition) is 1. The SMILES string of the molecule is CC(c1cc(F)c(CN2[C@@H](C)CC[C@H](c3ccccc3)S2(=O)=O)cc1F)n1cc[nH]c1=O. The lowest BCUT2D eigenvalue weighted by Crippen LogP contribution is -2.44. The summed E-state index contributed by atoms with van der Waals surface area (Å²) in [6.07, 6.45) is 3.98. The number of nitrogens with zero attached hydrogens (tertiary/aromatic N) is 2. The number of aromatic amines is 1. The van der Waals surface area contributed by atoms with Crippen molar-refractivity contribution in [3.8, 4) is 0 Å². The second-order valence-corrected chi connectivity index (χ2v) is 10.3. The molecule has 170 valence electrons. The topological polar surface area (TPSA) is 75.2 Å². The lowest BCUT2D eigenvalue weighted by Gasteiger charge is -2.37. The molecule has 1 aliphatic rings. The highest BCUT2D eigenvalue weighted by atomic mass is 32.2. The average molecular weight is 462 g/mol. The van der Waals surface area contributed by atoms with E-state index in [0.717, 1.165) is 12.1 Å². The summed E-state index contributed by atoms with van der Waals surface area (Å²) in [6.45, 7) is 3.12. The molecule has 1 aromatic heterocycles. The van der Waals surface area contributed by atoms with Crippen LogP contribution < -0.4 is 5.69 Å². The van der Waals surface area contributed by atoms with Gasteiger partial charge in [-0.05, 0) is 44.4 Å². The van der Waals surface area contributed by atoms with Crippen molar-refractivity contribution in [2.75, 3.05) is 0 Å². The molecule has 0 saturated carbocycles. The van der Waals surface area contributed by atoms with Crippen LogP contribution in [0.1, 0.15) is 54.7 Å². The zero-order chi connectivity index (χ0) is 23.0. The van der Waals surface area contributed by atoms with Gasteiger partial charge in [-0.1, -0.05) is 30.3 Å². The lowest BCUT2D eigenvalue weighted by molar-refractivity contribution is 0.278. The molecule has 2 aromatic carbocycles. The Hall–Kier alpha value is -2.78. The van der Waals surface area contributed by atoms with Crippen LogP contribution in [0.15, 0.2) is 59.7 Å². The van der Waals surface area contributed by atoms with Crippen LogP contribution in [0.4, 0.5) is 8.78 Å². The molecule has 1 aliphatic heterocycles. The lowest BCUT2D eigenvalue weighted by atomic mass is 10.0. The van der Waals surface area contributed by atoms with Gasteiger partial charge in [0.25, 0.3) is 0 Å². The number of H-pyrrole nitrogens is 1.